The second-order valence-corrected chi connectivity index (χ2v) is 7.60. The summed E-state index contributed by atoms with van der Waals surface area (Å²) >= 11 is 0. The van der Waals surface area contributed by atoms with Crippen molar-refractivity contribution in [2.24, 2.45) is 0 Å². The smallest absolute Gasteiger partial charge is 0.340 e. The van der Waals surface area contributed by atoms with Gasteiger partial charge in [0, 0.05) is 5.56 Å². The lowest BCUT2D eigenvalue weighted by atomic mass is 10.0. The van der Waals surface area contributed by atoms with Crippen LogP contribution >= 0.6 is 0 Å². The third-order valence-corrected chi connectivity index (χ3v) is 5.26. The summed E-state index contributed by atoms with van der Waals surface area (Å²) in [6.07, 6.45) is 1.41. The SMILES string of the molecule is CCOC(=O)C1=C(COC(=O)c2ccccc2NC(=O)c2ccccc2)NC(=O)NC1c1ccco1. The highest BCUT2D eigenvalue weighted by Crippen LogP contribution is 2.28. The Morgan fingerprint density at radius 2 is 1.69 bits per heavy atom. The van der Waals surface area contributed by atoms with Gasteiger partial charge in [-0.05, 0) is 43.3 Å². The highest BCUT2D eigenvalue weighted by molar-refractivity contribution is 6.08. The molecule has 0 saturated heterocycles. The summed E-state index contributed by atoms with van der Waals surface area (Å²) < 4.78 is 16.0. The molecule has 3 amide bonds. The van der Waals surface area contributed by atoms with Crippen molar-refractivity contribution in [2.75, 3.05) is 18.5 Å². The van der Waals surface area contributed by atoms with Crippen LogP contribution in [0.3, 0.4) is 0 Å². The van der Waals surface area contributed by atoms with Crippen LogP contribution in [0.2, 0.25) is 0 Å². The van der Waals surface area contributed by atoms with Gasteiger partial charge in [-0.2, -0.15) is 0 Å². The van der Waals surface area contributed by atoms with Crippen LogP contribution in [0, 0.1) is 0 Å². The molecule has 0 fully saturated rings. The van der Waals surface area contributed by atoms with Gasteiger partial charge in [-0.1, -0.05) is 30.3 Å². The number of esters is 2. The minimum Gasteiger partial charge on any atom is -0.467 e. The first kappa shape index (κ1) is 24.3. The molecule has 1 atom stereocenters. The van der Waals surface area contributed by atoms with Crippen molar-refractivity contribution in [3.05, 3.63) is 101 Å². The lowest BCUT2D eigenvalue weighted by molar-refractivity contribution is -0.139. The lowest BCUT2D eigenvalue weighted by Crippen LogP contribution is -2.47. The van der Waals surface area contributed by atoms with Crippen LogP contribution in [0.15, 0.2) is 88.7 Å². The largest absolute Gasteiger partial charge is 0.467 e. The first-order chi connectivity index (χ1) is 17.5. The van der Waals surface area contributed by atoms with Gasteiger partial charge >= 0.3 is 18.0 Å². The fourth-order valence-corrected chi connectivity index (χ4v) is 3.62. The van der Waals surface area contributed by atoms with E-state index in [1.165, 1.54) is 12.3 Å². The number of urea groups is 1. The summed E-state index contributed by atoms with van der Waals surface area (Å²) in [5, 5.41) is 7.83. The molecule has 3 aromatic rings. The van der Waals surface area contributed by atoms with Crippen LogP contribution in [-0.2, 0) is 14.3 Å². The van der Waals surface area contributed by atoms with Gasteiger partial charge in [0.2, 0.25) is 0 Å². The van der Waals surface area contributed by atoms with Gasteiger partial charge in [0.25, 0.3) is 5.91 Å². The van der Waals surface area contributed by atoms with Crippen LogP contribution in [0.25, 0.3) is 0 Å². The van der Waals surface area contributed by atoms with E-state index in [2.05, 4.69) is 16.0 Å². The van der Waals surface area contributed by atoms with Crippen molar-refractivity contribution in [1.29, 1.82) is 0 Å². The van der Waals surface area contributed by atoms with E-state index in [1.807, 2.05) is 0 Å². The predicted octanol–water partition coefficient (Wildman–Crippen LogP) is 3.56. The van der Waals surface area contributed by atoms with E-state index in [-0.39, 0.29) is 29.1 Å². The summed E-state index contributed by atoms with van der Waals surface area (Å²) in [5.74, 6) is -1.55. The Bertz CT molecular complexity index is 1300. The Hall–Kier alpha value is -4.86. The predicted molar refractivity (Wildman–Crippen MR) is 128 cm³/mol. The average Bonchev–Trinajstić information content (AvgIpc) is 3.43. The van der Waals surface area contributed by atoms with Crippen LogP contribution in [0.1, 0.15) is 39.4 Å². The molecular formula is C26H23N3O7. The standard InChI is InChI=1S/C26H23N3O7/c1-2-34-25(32)21-19(28-26(33)29-22(21)20-13-8-14-35-20)15-36-24(31)17-11-6-7-12-18(17)27-23(30)16-9-4-3-5-10-16/h3-14,22H,2,15H2,1H3,(H,27,30)(H2,28,29,33). The minimum atomic E-state index is -0.932. The fourth-order valence-electron chi connectivity index (χ4n) is 3.62. The third-order valence-electron chi connectivity index (χ3n) is 5.26. The van der Waals surface area contributed by atoms with E-state index in [9.17, 15) is 19.2 Å². The zero-order valence-electron chi connectivity index (χ0n) is 19.3. The number of benzene rings is 2. The number of hydrogen-bond acceptors (Lipinski definition) is 7. The zero-order valence-corrected chi connectivity index (χ0v) is 19.3. The van der Waals surface area contributed by atoms with Crippen molar-refractivity contribution in [3.63, 3.8) is 0 Å². The molecule has 2 aromatic carbocycles. The molecule has 0 bridgehead atoms. The first-order valence-corrected chi connectivity index (χ1v) is 11.1. The van der Waals surface area contributed by atoms with Gasteiger partial charge in [-0.15, -0.1) is 0 Å². The third kappa shape index (κ3) is 5.44. The molecule has 2 heterocycles. The van der Waals surface area contributed by atoms with Crippen molar-refractivity contribution >= 4 is 29.6 Å². The summed E-state index contributed by atoms with van der Waals surface area (Å²) in [6.45, 7) is 1.32. The number of anilines is 1. The maximum absolute atomic E-state index is 13.0. The number of rotatable bonds is 8. The molecular weight excluding hydrogens is 466 g/mol. The van der Waals surface area contributed by atoms with Crippen LogP contribution < -0.4 is 16.0 Å². The number of para-hydroxylation sites is 1. The molecule has 3 N–H and O–H groups in total. The summed E-state index contributed by atoms with van der Waals surface area (Å²) in [5.41, 5.74) is 0.871. The number of ether oxygens (including phenoxy) is 2. The second-order valence-electron chi connectivity index (χ2n) is 7.60. The van der Waals surface area contributed by atoms with E-state index in [0.717, 1.165) is 0 Å². The summed E-state index contributed by atoms with van der Waals surface area (Å²) in [6, 6.07) is 16.6. The summed E-state index contributed by atoms with van der Waals surface area (Å²) in [4.78, 5) is 50.6. The molecule has 0 saturated carbocycles. The van der Waals surface area contributed by atoms with E-state index in [1.54, 1.807) is 67.6 Å². The Labute approximate surface area is 206 Å². The number of carbonyl (C=O) groups is 4. The maximum atomic E-state index is 13.0. The molecule has 1 aliphatic heterocycles. The molecule has 4 rings (SSSR count). The van der Waals surface area contributed by atoms with E-state index < -0.39 is 36.5 Å². The molecule has 184 valence electrons. The Kier molecular flexibility index (Phi) is 7.45. The monoisotopic (exact) mass is 489 g/mol. The molecule has 36 heavy (non-hydrogen) atoms. The molecule has 0 aliphatic carbocycles. The number of carbonyl (C=O) groups excluding carboxylic acids is 4. The van der Waals surface area contributed by atoms with Gasteiger partial charge in [-0.25, -0.2) is 14.4 Å². The Balaban J connectivity index is 1.56. The first-order valence-electron chi connectivity index (χ1n) is 11.1. The maximum Gasteiger partial charge on any atom is 0.340 e. The highest BCUT2D eigenvalue weighted by atomic mass is 16.5. The van der Waals surface area contributed by atoms with Crippen molar-refractivity contribution in [1.82, 2.24) is 10.6 Å². The van der Waals surface area contributed by atoms with Crippen LogP contribution in [-0.4, -0.2) is 37.1 Å². The fraction of sp³-hybridized carbons (Fsp3) is 0.154. The van der Waals surface area contributed by atoms with Gasteiger partial charge in [0.1, 0.15) is 18.4 Å². The van der Waals surface area contributed by atoms with Gasteiger partial charge in [-0.3, -0.25) is 4.79 Å². The number of nitrogens with one attached hydrogen (secondary N) is 3. The van der Waals surface area contributed by atoms with E-state index >= 15 is 0 Å². The molecule has 0 spiro atoms. The minimum absolute atomic E-state index is 0.0462. The van der Waals surface area contributed by atoms with Crippen molar-refractivity contribution in [3.8, 4) is 0 Å². The van der Waals surface area contributed by atoms with E-state index in [4.69, 9.17) is 13.9 Å². The van der Waals surface area contributed by atoms with Crippen molar-refractivity contribution < 1.29 is 33.1 Å². The number of amides is 3. The summed E-state index contributed by atoms with van der Waals surface area (Å²) in [7, 11) is 0. The number of hydrogen-bond donors (Lipinski definition) is 3. The lowest BCUT2D eigenvalue weighted by Gasteiger charge is -2.27. The molecule has 10 nitrogen and oxygen atoms in total. The van der Waals surface area contributed by atoms with Crippen LogP contribution in [0.4, 0.5) is 10.5 Å². The van der Waals surface area contributed by atoms with Gasteiger partial charge < -0.3 is 29.8 Å². The quantitative estimate of drug-likeness (QED) is 0.412. The molecule has 10 heteroatoms. The van der Waals surface area contributed by atoms with Crippen LogP contribution in [0.5, 0.6) is 0 Å². The van der Waals surface area contributed by atoms with Crippen molar-refractivity contribution in [2.45, 2.75) is 13.0 Å². The topological polar surface area (TPSA) is 136 Å². The second kappa shape index (κ2) is 11.0. The number of furan rings is 1. The van der Waals surface area contributed by atoms with Gasteiger partial charge in [0.05, 0.1) is 35.4 Å². The van der Waals surface area contributed by atoms with E-state index in [0.29, 0.717) is 11.3 Å². The molecule has 1 unspecified atom stereocenters. The Morgan fingerprint density at radius 3 is 2.42 bits per heavy atom. The molecule has 1 aliphatic rings. The normalized spacial score (nSPS) is 14.9. The average molecular weight is 489 g/mol. The molecule has 1 aromatic heterocycles. The Morgan fingerprint density at radius 1 is 0.944 bits per heavy atom. The molecule has 0 radical (unpaired) electrons. The highest BCUT2D eigenvalue weighted by Gasteiger charge is 2.35. The zero-order chi connectivity index (χ0) is 25.5. The van der Waals surface area contributed by atoms with Gasteiger partial charge in [0.15, 0.2) is 0 Å².